The molecule has 0 amide bonds. The quantitative estimate of drug-likeness (QED) is 0.782. The van der Waals surface area contributed by atoms with Gasteiger partial charge in [0.05, 0.1) is 16.7 Å². The normalized spacial score (nSPS) is 19.6. The summed E-state index contributed by atoms with van der Waals surface area (Å²) < 4.78 is 5.05. The molecule has 0 bridgehead atoms. The Balaban J connectivity index is 1.89. The Morgan fingerprint density at radius 1 is 1.40 bits per heavy atom. The summed E-state index contributed by atoms with van der Waals surface area (Å²) in [6.45, 7) is 4.66. The Bertz CT molecular complexity index is 428. The lowest BCUT2D eigenvalue weighted by Gasteiger charge is -2.25. The molecule has 1 aromatic rings. The van der Waals surface area contributed by atoms with Crippen molar-refractivity contribution < 1.29 is 4.74 Å². The van der Waals surface area contributed by atoms with Gasteiger partial charge in [-0.2, -0.15) is 0 Å². The molecule has 0 radical (unpaired) electrons. The number of hydrogen-bond donors (Lipinski definition) is 1. The van der Waals surface area contributed by atoms with Crippen molar-refractivity contribution in [3.8, 4) is 0 Å². The fraction of sp³-hybridized carbons (Fsp3) is 0.600. The number of benzene rings is 1. The van der Waals surface area contributed by atoms with Gasteiger partial charge in [0.1, 0.15) is 0 Å². The Morgan fingerprint density at radius 3 is 3.05 bits per heavy atom. The summed E-state index contributed by atoms with van der Waals surface area (Å²) in [6.07, 6.45) is 2.48. The smallest absolute Gasteiger partial charge is 0.0637 e. The van der Waals surface area contributed by atoms with Gasteiger partial charge < -0.3 is 10.1 Å². The first kappa shape index (κ1) is 16.1. The van der Waals surface area contributed by atoms with Gasteiger partial charge in [-0.25, -0.2) is 0 Å². The number of hydrogen-bond acceptors (Lipinski definition) is 3. The van der Waals surface area contributed by atoms with E-state index in [-0.39, 0.29) is 0 Å². The van der Waals surface area contributed by atoms with Crippen LogP contribution < -0.4 is 5.32 Å². The molecular formula is C15H22Cl2N2O. The molecule has 5 heteroatoms. The molecule has 0 aromatic heterocycles. The van der Waals surface area contributed by atoms with E-state index in [1.807, 2.05) is 12.1 Å². The van der Waals surface area contributed by atoms with Crippen LogP contribution in [-0.4, -0.2) is 44.3 Å². The summed E-state index contributed by atoms with van der Waals surface area (Å²) in [5.74, 6) is 0. The molecular weight excluding hydrogens is 295 g/mol. The van der Waals surface area contributed by atoms with Crippen molar-refractivity contribution in [2.75, 3.05) is 33.4 Å². The van der Waals surface area contributed by atoms with Crippen LogP contribution in [0.4, 0.5) is 0 Å². The van der Waals surface area contributed by atoms with Gasteiger partial charge in [-0.15, -0.1) is 0 Å². The van der Waals surface area contributed by atoms with Crippen molar-refractivity contribution in [1.29, 1.82) is 0 Å². The van der Waals surface area contributed by atoms with E-state index < -0.39 is 0 Å². The van der Waals surface area contributed by atoms with Crippen LogP contribution in [0.3, 0.4) is 0 Å². The number of nitrogens with zero attached hydrogens (tertiary/aromatic N) is 1. The van der Waals surface area contributed by atoms with E-state index in [2.05, 4.69) is 16.3 Å². The molecule has 1 heterocycles. The lowest BCUT2D eigenvalue weighted by Crippen LogP contribution is -2.38. The highest BCUT2D eigenvalue weighted by Gasteiger charge is 2.24. The van der Waals surface area contributed by atoms with Gasteiger partial charge in [-0.05, 0) is 31.0 Å². The summed E-state index contributed by atoms with van der Waals surface area (Å²) in [7, 11) is 1.73. The van der Waals surface area contributed by atoms with Crippen LogP contribution in [0.25, 0.3) is 0 Å². The van der Waals surface area contributed by atoms with Gasteiger partial charge in [-0.1, -0.05) is 35.3 Å². The Kier molecular flexibility index (Phi) is 6.59. The Labute approximate surface area is 131 Å². The zero-order valence-electron chi connectivity index (χ0n) is 11.9. The number of likely N-dealkylation sites (tertiary alicyclic amines) is 1. The third kappa shape index (κ3) is 4.34. The topological polar surface area (TPSA) is 24.5 Å². The minimum Gasteiger partial charge on any atom is -0.383 e. The summed E-state index contributed by atoms with van der Waals surface area (Å²) in [5, 5.41) is 4.77. The molecule has 0 spiro atoms. The lowest BCUT2D eigenvalue weighted by atomic mass is 10.1. The second-order valence-electron chi connectivity index (χ2n) is 5.18. The molecule has 1 fully saturated rings. The largest absolute Gasteiger partial charge is 0.383 e. The molecule has 1 aliphatic heterocycles. The molecule has 1 unspecified atom stereocenters. The lowest BCUT2D eigenvalue weighted by molar-refractivity contribution is 0.191. The van der Waals surface area contributed by atoms with E-state index in [0.717, 1.165) is 38.3 Å². The average molecular weight is 317 g/mol. The van der Waals surface area contributed by atoms with Gasteiger partial charge in [0, 0.05) is 32.8 Å². The van der Waals surface area contributed by atoms with Gasteiger partial charge in [0.25, 0.3) is 0 Å². The van der Waals surface area contributed by atoms with E-state index in [1.165, 1.54) is 12.8 Å². The summed E-state index contributed by atoms with van der Waals surface area (Å²) in [4.78, 5) is 2.48. The molecule has 1 atom stereocenters. The fourth-order valence-electron chi connectivity index (χ4n) is 2.67. The molecule has 2 rings (SSSR count). The second-order valence-corrected chi connectivity index (χ2v) is 5.96. The highest BCUT2D eigenvalue weighted by atomic mass is 35.5. The number of ether oxygens (including phenoxy) is 1. The van der Waals surface area contributed by atoms with Crippen LogP contribution in [-0.2, 0) is 11.3 Å². The zero-order chi connectivity index (χ0) is 14.4. The maximum atomic E-state index is 6.27. The van der Waals surface area contributed by atoms with E-state index >= 15 is 0 Å². The first-order chi connectivity index (χ1) is 9.72. The molecule has 20 heavy (non-hydrogen) atoms. The molecule has 0 saturated carbocycles. The predicted octanol–water partition coefficient (Wildman–Crippen LogP) is 3.19. The van der Waals surface area contributed by atoms with Crippen LogP contribution in [0.15, 0.2) is 18.2 Å². The van der Waals surface area contributed by atoms with Gasteiger partial charge in [0.2, 0.25) is 0 Å². The summed E-state index contributed by atoms with van der Waals surface area (Å²) in [6, 6.07) is 6.43. The maximum absolute atomic E-state index is 6.27. The molecule has 1 aromatic carbocycles. The monoisotopic (exact) mass is 316 g/mol. The van der Waals surface area contributed by atoms with Crippen LogP contribution in [0.2, 0.25) is 10.0 Å². The minimum absolute atomic E-state index is 0.571. The zero-order valence-corrected chi connectivity index (χ0v) is 13.4. The molecule has 1 aliphatic rings. The fourth-order valence-corrected chi connectivity index (χ4v) is 3.05. The third-order valence-corrected chi connectivity index (χ3v) is 4.63. The van der Waals surface area contributed by atoms with Crippen LogP contribution in [0.5, 0.6) is 0 Å². The molecule has 112 valence electrons. The minimum atomic E-state index is 0.571. The first-order valence-corrected chi connectivity index (χ1v) is 7.84. The van der Waals surface area contributed by atoms with Crippen LogP contribution in [0.1, 0.15) is 18.4 Å². The molecule has 0 aliphatic carbocycles. The van der Waals surface area contributed by atoms with E-state index in [1.54, 1.807) is 7.11 Å². The predicted molar refractivity (Wildman–Crippen MR) is 84.6 cm³/mol. The average Bonchev–Trinajstić information content (AvgIpc) is 2.87. The second kappa shape index (κ2) is 8.20. The number of nitrogens with one attached hydrogen (secondary N) is 1. The molecule has 1 saturated heterocycles. The summed E-state index contributed by atoms with van der Waals surface area (Å²) in [5.41, 5.74) is 1.11. The third-order valence-electron chi connectivity index (χ3n) is 3.77. The van der Waals surface area contributed by atoms with Crippen LogP contribution in [0, 0.1) is 0 Å². The van der Waals surface area contributed by atoms with Gasteiger partial charge in [0.15, 0.2) is 0 Å². The van der Waals surface area contributed by atoms with Gasteiger partial charge in [-0.3, -0.25) is 4.90 Å². The van der Waals surface area contributed by atoms with Crippen molar-refractivity contribution in [3.63, 3.8) is 0 Å². The SMILES string of the molecule is COCCNCC1CCCN1Cc1cccc(Cl)c1Cl. The molecule has 1 N–H and O–H groups in total. The van der Waals surface area contributed by atoms with Crippen LogP contribution >= 0.6 is 23.2 Å². The number of halogens is 2. The van der Waals surface area contributed by atoms with Crippen molar-refractivity contribution in [2.24, 2.45) is 0 Å². The number of rotatable bonds is 7. The maximum Gasteiger partial charge on any atom is 0.0637 e. The first-order valence-electron chi connectivity index (χ1n) is 7.09. The highest BCUT2D eigenvalue weighted by Crippen LogP contribution is 2.28. The van der Waals surface area contributed by atoms with Gasteiger partial charge >= 0.3 is 0 Å². The Hall–Kier alpha value is -0.320. The van der Waals surface area contributed by atoms with Crippen molar-refractivity contribution in [3.05, 3.63) is 33.8 Å². The van der Waals surface area contributed by atoms with Crippen molar-refractivity contribution in [1.82, 2.24) is 10.2 Å². The van der Waals surface area contributed by atoms with E-state index in [0.29, 0.717) is 16.1 Å². The van der Waals surface area contributed by atoms with E-state index in [4.69, 9.17) is 27.9 Å². The standard InChI is InChI=1S/C15H22Cl2N2O/c1-20-9-7-18-10-13-5-3-8-19(13)11-12-4-2-6-14(16)15(12)17/h2,4,6,13,18H,3,5,7-11H2,1H3. The summed E-state index contributed by atoms with van der Waals surface area (Å²) >= 11 is 12.4. The number of methoxy groups -OCH3 is 1. The van der Waals surface area contributed by atoms with Crippen molar-refractivity contribution >= 4 is 23.2 Å². The highest BCUT2D eigenvalue weighted by molar-refractivity contribution is 6.42. The van der Waals surface area contributed by atoms with Crippen molar-refractivity contribution in [2.45, 2.75) is 25.4 Å². The van der Waals surface area contributed by atoms with E-state index in [9.17, 15) is 0 Å². The molecule has 3 nitrogen and oxygen atoms in total. The Morgan fingerprint density at radius 2 is 2.25 bits per heavy atom.